The maximum absolute atomic E-state index is 14.2. The van der Waals surface area contributed by atoms with E-state index in [0.29, 0.717) is 17.7 Å². The zero-order valence-corrected chi connectivity index (χ0v) is 18.8. The molecule has 0 spiro atoms. The van der Waals surface area contributed by atoms with Gasteiger partial charge in [-0.25, -0.2) is 0 Å². The van der Waals surface area contributed by atoms with Gasteiger partial charge in [0.25, 0.3) is 0 Å². The molecule has 9 heteroatoms. The maximum atomic E-state index is 14.2. The van der Waals surface area contributed by atoms with Gasteiger partial charge in [0.05, 0.1) is 0 Å². The van der Waals surface area contributed by atoms with Crippen LogP contribution in [-0.4, -0.2) is 18.0 Å². The highest BCUT2D eigenvalue weighted by molar-refractivity contribution is 8.03. The first kappa shape index (κ1) is 23.3. The highest BCUT2D eigenvalue weighted by atomic mass is 35.5. The van der Waals surface area contributed by atoms with Crippen molar-refractivity contribution in [3.05, 3.63) is 74.1 Å². The van der Waals surface area contributed by atoms with E-state index in [0.717, 1.165) is 22.9 Å². The van der Waals surface area contributed by atoms with Gasteiger partial charge in [0.1, 0.15) is 10.6 Å². The second-order valence-corrected chi connectivity index (χ2v) is 9.28. The topological polar surface area (TPSA) is 29.1 Å². The summed E-state index contributed by atoms with van der Waals surface area (Å²) in [4.78, 5) is 11.3. The smallest absolute Gasteiger partial charge is 0.351 e. The van der Waals surface area contributed by atoms with E-state index in [2.05, 4.69) is 5.32 Å². The highest BCUT2D eigenvalue weighted by Crippen LogP contribution is 2.60. The summed E-state index contributed by atoms with van der Waals surface area (Å²) in [5.41, 5.74) is 3.04. The van der Waals surface area contributed by atoms with Crippen molar-refractivity contribution in [2.45, 2.75) is 30.8 Å². The van der Waals surface area contributed by atoms with Gasteiger partial charge in [-0.3, -0.25) is 4.79 Å². The van der Waals surface area contributed by atoms with E-state index < -0.39 is 10.9 Å². The summed E-state index contributed by atoms with van der Waals surface area (Å²) in [6, 6.07) is 9.44. The summed E-state index contributed by atoms with van der Waals surface area (Å²) in [6.07, 6.45) is -4.75. The Morgan fingerprint density at radius 1 is 1.17 bits per heavy atom. The van der Waals surface area contributed by atoms with Crippen LogP contribution in [0.3, 0.4) is 0 Å². The first-order valence-corrected chi connectivity index (χ1v) is 11.1. The number of alkyl halides is 4. The largest absolute Gasteiger partial charge is 0.407 e. The molecule has 160 valence electrons. The molecular weight excluding hydrogens is 478 g/mol. The Morgan fingerprint density at radius 2 is 1.83 bits per heavy atom. The molecule has 0 bridgehead atoms. The summed E-state index contributed by atoms with van der Waals surface area (Å²) < 4.78 is 40.5. The molecule has 1 amide bonds. The lowest BCUT2D eigenvalue weighted by Gasteiger charge is -2.32. The van der Waals surface area contributed by atoms with E-state index in [1.807, 2.05) is 13.0 Å². The molecule has 1 atom stereocenters. The lowest BCUT2D eigenvalue weighted by molar-refractivity contribution is -0.160. The summed E-state index contributed by atoms with van der Waals surface area (Å²) in [5, 5.41) is 4.55. The van der Waals surface area contributed by atoms with Gasteiger partial charge in [-0.2, -0.15) is 13.2 Å². The minimum Gasteiger partial charge on any atom is -0.351 e. The number of halogens is 6. The molecule has 0 radical (unpaired) electrons. The Hall–Kier alpha value is -1.34. The molecule has 0 saturated heterocycles. The predicted molar refractivity (Wildman–Crippen MR) is 118 cm³/mol. The second kappa shape index (κ2) is 9.03. The molecule has 1 heterocycles. The molecule has 1 aliphatic heterocycles. The average Bonchev–Trinajstić information content (AvgIpc) is 3.13. The van der Waals surface area contributed by atoms with Crippen molar-refractivity contribution in [3.63, 3.8) is 0 Å². The third kappa shape index (κ3) is 4.77. The molecule has 2 aromatic carbocycles. The van der Waals surface area contributed by atoms with E-state index in [1.165, 1.54) is 18.2 Å². The minimum absolute atomic E-state index is 0.0286. The average molecular weight is 495 g/mol. The Morgan fingerprint density at radius 3 is 2.40 bits per heavy atom. The Bertz CT molecular complexity index is 989. The van der Waals surface area contributed by atoms with Gasteiger partial charge in [-0.05, 0) is 58.4 Å². The fourth-order valence-electron chi connectivity index (χ4n) is 3.32. The second-order valence-electron chi connectivity index (χ2n) is 6.97. The Labute approximate surface area is 191 Å². The summed E-state index contributed by atoms with van der Waals surface area (Å²) in [7, 11) is 0. The summed E-state index contributed by atoms with van der Waals surface area (Å²) >= 11 is 18.2. The van der Waals surface area contributed by atoms with E-state index in [4.69, 9.17) is 34.8 Å². The molecule has 0 aromatic heterocycles. The number of thioether (sulfide) groups is 1. The molecule has 1 unspecified atom stereocenters. The standard InChI is InChI=1S/C21H17Cl3F3NOS/c1-12-4-13(2-3-14(12)10-28-19(29)9-22)15-8-20(30-11-15,21(25,26)27)16-5-17(23)7-18(24)6-16/h2-7,11H,8-10H2,1H3,(H,28,29). The fraction of sp³-hybridized carbons (Fsp3) is 0.286. The molecular formula is C21H17Cl3F3NOS. The quantitative estimate of drug-likeness (QED) is 0.450. The highest BCUT2D eigenvalue weighted by Gasteiger charge is 2.58. The van der Waals surface area contributed by atoms with Gasteiger partial charge >= 0.3 is 6.18 Å². The van der Waals surface area contributed by atoms with Crippen molar-refractivity contribution in [1.82, 2.24) is 5.32 Å². The van der Waals surface area contributed by atoms with Gasteiger partial charge in [0.15, 0.2) is 0 Å². The molecule has 1 N–H and O–H groups in total. The van der Waals surface area contributed by atoms with Crippen LogP contribution in [0.1, 0.15) is 28.7 Å². The molecule has 0 saturated carbocycles. The van der Waals surface area contributed by atoms with Crippen LogP contribution < -0.4 is 5.32 Å². The van der Waals surface area contributed by atoms with Gasteiger partial charge < -0.3 is 5.32 Å². The minimum atomic E-state index is -4.51. The molecule has 0 fully saturated rings. The number of carbonyl (C=O) groups excluding carboxylic acids is 1. The molecule has 2 nitrogen and oxygen atoms in total. The molecule has 3 rings (SSSR count). The van der Waals surface area contributed by atoms with Crippen molar-refractivity contribution in [2.24, 2.45) is 0 Å². The van der Waals surface area contributed by atoms with E-state index >= 15 is 0 Å². The van der Waals surface area contributed by atoms with E-state index in [9.17, 15) is 18.0 Å². The third-order valence-corrected chi connectivity index (χ3v) is 7.03. The van der Waals surface area contributed by atoms with Crippen LogP contribution >= 0.6 is 46.6 Å². The normalized spacial score (nSPS) is 19.0. The Kier molecular flexibility index (Phi) is 7.02. The monoisotopic (exact) mass is 493 g/mol. The molecule has 30 heavy (non-hydrogen) atoms. The Balaban J connectivity index is 1.89. The number of hydrogen-bond donors (Lipinski definition) is 1. The van der Waals surface area contributed by atoms with Crippen molar-refractivity contribution < 1.29 is 18.0 Å². The zero-order chi connectivity index (χ0) is 22.1. The van der Waals surface area contributed by atoms with Crippen molar-refractivity contribution in [1.29, 1.82) is 0 Å². The fourth-order valence-corrected chi connectivity index (χ4v) is 5.13. The van der Waals surface area contributed by atoms with Gasteiger partial charge in [-0.1, -0.05) is 41.4 Å². The van der Waals surface area contributed by atoms with Crippen molar-refractivity contribution in [3.8, 4) is 0 Å². The third-order valence-electron chi connectivity index (χ3n) is 4.94. The lowest BCUT2D eigenvalue weighted by Crippen LogP contribution is -2.37. The lowest BCUT2D eigenvalue weighted by atomic mass is 9.88. The number of benzene rings is 2. The van der Waals surface area contributed by atoms with Gasteiger partial charge in [0.2, 0.25) is 5.91 Å². The van der Waals surface area contributed by atoms with Crippen LogP contribution in [-0.2, 0) is 16.1 Å². The van der Waals surface area contributed by atoms with E-state index in [1.54, 1.807) is 17.5 Å². The van der Waals surface area contributed by atoms with Crippen LogP contribution in [0.4, 0.5) is 13.2 Å². The van der Waals surface area contributed by atoms with Crippen LogP contribution in [0.25, 0.3) is 5.57 Å². The van der Waals surface area contributed by atoms with Crippen LogP contribution in [0.2, 0.25) is 10.0 Å². The summed E-state index contributed by atoms with van der Waals surface area (Å²) in [6.45, 7) is 2.15. The number of amides is 1. The number of nitrogens with one attached hydrogen (secondary N) is 1. The van der Waals surface area contributed by atoms with Crippen LogP contribution in [0.15, 0.2) is 41.8 Å². The van der Waals surface area contributed by atoms with Gasteiger partial charge in [0, 0.05) is 23.0 Å². The predicted octanol–water partition coefficient (Wildman–Crippen LogP) is 7.09. The van der Waals surface area contributed by atoms with Crippen LogP contribution in [0.5, 0.6) is 0 Å². The van der Waals surface area contributed by atoms with Crippen molar-refractivity contribution >= 4 is 58.0 Å². The number of hydrogen-bond acceptors (Lipinski definition) is 2. The van der Waals surface area contributed by atoms with Crippen molar-refractivity contribution in [2.75, 3.05) is 5.88 Å². The van der Waals surface area contributed by atoms with Crippen LogP contribution in [0, 0.1) is 6.92 Å². The molecule has 2 aromatic rings. The maximum Gasteiger partial charge on any atom is 0.407 e. The first-order valence-electron chi connectivity index (χ1n) is 8.88. The number of allylic oxidation sites excluding steroid dienone is 1. The SMILES string of the molecule is Cc1cc(C2=CSC(c3cc(Cl)cc(Cl)c3)(C(F)(F)F)C2)ccc1CNC(=O)CCl. The van der Waals surface area contributed by atoms with Gasteiger partial charge in [-0.15, -0.1) is 23.4 Å². The molecule has 1 aliphatic rings. The number of rotatable bonds is 5. The first-order chi connectivity index (χ1) is 14.1. The number of carbonyl (C=O) groups is 1. The summed E-state index contributed by atoms with van der Waals surface area (Å²) in [5.74, 6) is -0.418. The zero-order valence-electron chi connectivity index (χ0n) is 15.7. The van der Waals surface area contributed by atoms with E-state index in [-0.39, 0.29) is 33.8 Å². The number of aryl methyl sites for hydroxylation is 1. The molecule has 0 aliphatic carbocycles.